The highest BCUT2D eigenvalue weighted by molar-refractivity contribution is 6.60. The number of hydrogen-bond acceptors (Lipinski definition) is 5. The van der Waals surface area contributed by atoms with Gasteiger partial charge in [-0.05, 0) is 39.3 Å². The van der Waals surface area contributed by atoms with E-state index in [1.54, 1.807) is 18.2 Å². The molecular formula is C16H27NO5Si. The Morgan fingerprint density at radius 1 is 1.09 bits per heavy atom. The van der Waals surface area contributed by atoms with Crippen LogP contribution in [0.3, 0.4) is 0 Å². The van der Waals surface area contributed by atoms with Gasteiger partial charge in [-0.2, -0.15) is 0 Å². The second kappa shape index (κ2) is 10.4. The minimum Gasteiger partial charge on any atom is -0.478 e. The number of nitrogens with one attached hydrogen (secondary N) is 1. The van der Waals surface area contributed by atoms with E-state index in [1.807, 2.05) is 26.8 Å². The average molecular weight is 341 g/mol. The smallest absolute Gasteiger partial charge is 0.478 e. The van der Waals surface area contributed by atoms with Gasteiger partial charge in [-0.25, -0.2) is 4.79 Å². The average Bonchev–Trinajstić information content (AvgIpc) is 2.52. The largest absolute Gasteiger partial charge is 0.500 e. The number of carboxylic acids is 1. The zero-order valence-corrected chi connectivity index (χ0v) is 15.1. The van der Waals surface area contributed by atoms with E-state index in [-0.39, 0.29) is 5.56 Å². The van der Waals surface area contributed by atoms with Crippen LogP contribution in [-0.2, 0) is 13.3 Å². The fraction of sp³-hybridized carbons (Fsp3) is 0.562. The third-order valence-corrected chi connectivity index (χ3v) is 6.38. The van der Waals surface area contributed by atoms with Crippen molar-refractivity contribution in [1.82, 2.24) is 0 Å². The Bertz CT molecular complexity index is 466. The molecule has 0 unspecified atom stereocenters. The second-order valence-electron chi connectivity index (χ2n) is 4.86. The second-order valence-corrected chi connectivity index (χ2v) is 7.60. The van der Waals surface area contributed by atoms with E-state index in [4.69, 9.17) is 18.4 Å². The van der Waals surface area contributed by atoms with Gasteiger partial charge in [0.15, 0.2) is 0 Å². The number of benzene rings is 1. The first-order valence-corrected chi connectivity index (χ1v) is 9.99. The van der Waals surface area contributed by atoms with Crippen LogP contribution in [0.4, 0.5) is 5.69 Å². The summed E-state index contributed by atoms with van der Waals surface area (Å²) < 4.78 is 17.4. The summed E-state index contributed by atoms with van der Waals surface area (Å²) in [5.74, 6) is -0.935. The van der Waals surface area contributed by atoms with Crippen molar-refractivity contribution >= 4 is 20.5 Å². The lowest BCUT2D eigenvalue weighted by atomic mass is 10.2. The summed E-state index contributed by atoms with van der Waals surface area (Å²) in [6.07, 6.45) is 0.778. The van der Waals surface area contributed by atoms with Crippen LogP contribution in [0.25, 0.3) is 0 Å². The van der Waals surface area contributed by atoms with Crippen molar-refractivity contribution in [2.24, 2.45) is 0 Å². The predicted molar refractivity (Wildman–Crippen MR) is 91.9 cm³/mol. The normalized spacial score (nSPS) is 11.4. The molecule has 1 aromatic carbocycles. The molecule has 0 fully saturated rings. The van der Waals surface area contributed by atoms with E-state index in [0.717, 1.165) is 6.42 Å². The lowest BCUT2D eigenvalue weighted by Crippen LogP contribution is -2.46. The number of rotatable bonds is 12. The van der Waals surface area contributed by atoms with E-state index < -0.39 is 14.8 Å². The van der Waals surface area contributed by atoms with Crippen LogP contribution in [0, 0.1) is 0 Å². The zero-order chi connectivity index (χ0) is 17.1. The molecule has 1 aromatic rings. The molecule has 0 spiro atoms. The molecule has 0 radical (unpaired) electrons. The molecular weight excluding hydrogens is 314 g/mol. The molecule has 0 heterocycles. The summed E-state index contributed by atoms with van der Waals surface area (Å²) in [7, 11) is -2.63. The van der Waals surface area contributed by atoms with Gasteiger partial charge >= 0.3 is 14.8 Å². The Morgan fingerprint density at radius 3 is 2.17 bits per heavy atom. The minimum absolute atomic E-state index is 0.274. The highest BCUT2D eigenvalue weighted by atomic mass is 28.4. The van der Waals surface area contributed by atoms with Crippen molar-refractivity contribution in [1.29, 1.82) is 0 Å². The summed E-state index contributed by atoms with van der Waals surface area (Å²) in [4.78, 5) is 11.2. The van der Waals surface area contributed by atoms with Crippen molar-refractivity contribution < 1.29 is 23.2 Å². The van der Waals surface area contributed by atoms with Crippen LogP contribution in [0.1, 0.15) is 37.6 Å². The highest BCUT2D eigenvalue weighted by Gasteiger charge is 2.39. The van der Waals surface area contributed by atoms with Gasteiger partial charge in [0.25, 0.3) is 0 Å². The Balaban J connectivity index is 2.58. The van der Waals surface area contributed by atoms with E-state index >= 15 is 0 Å². The van der Waals surface area contributed by atoms with Crippen molar-refractivity contribution in [3.05, 3.63) is 29.8 Å². The number of hydrogen-bond donors (Lipinski definition) is 2. The first-order valence-electron chi connectivity index (χ1n) is 8.06. The summed E-state index contributed by atoms with van der Waals surface area (Å²) in [6.45, 7) is 8.10. The summed E-state index contributed by atoms with van der Waals surface area (Å²) >= 11 is 0. The number of para-hydroxylation sites is 1. The molecule has 130 valence electrons. The maximum absolute atomic E-state index is 11.2. The molecule has 0 aromatic heterocycles. The number of carboxylic acid groups (broad SMARTS) is 1. The highest BCUT2D eigenvalue weighted by Crippen LogP contribution is 2.19. The zero-order valence-electron chi connectivity index (χ0n) is 14.1. The van der Waals surface area contributed by atoms with Crippen molar-refractivity contribution in [3.8, 4) is 0 Å². The van der Waals surface area contributed by atoms with Gasteiger partial charge < -0.3 is 23.7 Å². The van der Waals surface area contributed by atoms with Gasteiger partial charge in [-0.3, -0.25) is 0 Å². The minimum atomic E-state index is -2.63. The maximum Gasteiger partial charge on any atom is 0.500 e. The third-order valence-electron chi connectivity index (χ3n) is 3.23. The monoisotopic (exact) mass is 341 g/mol. The van der Waals surface area contributed by atoms with Crippen LogP contribution in [0.15, 0.2) is 24.3 Å². The van der Waals surface area contributed by atoms with Gasteiger partial charge in [0.05, 0.1) is 5.56 Å². The van der Waals surface area contributed by atoms with Gasteiger partial charge in [0.1, 0.15) is 0 Å². The Labute approximate surface area is 139 Å². The molecule has 1 rings (SSSR count). The maximum atomic E-state index is 11.2. The van der Waals surface area contributed by atoms with E-state index in [1.165, 1.54) is 0 Å². The quantitative estimate of drug-likeness (QED) is 0.449. The number of carbonyl (C=O) groups is 1. The van der Waals surface area contributed by atoms with Gasteiger partial charge in [0.2, 0.25) is 0 Å². The molecule has 2 N–H and O–H groups in total. The van der Waals surface area contributed by atoms with Crippen molar-refractivity contribution in [2.45, 2.75) is 33.2 Å². The van der Waals surface area contributed by atoms with E-state index in [2.05, 4.69) is 5.32 Å². The molecule has 0 saturated heterocycles. The van der Waals surface area contributed by atoms with E-state index in [9.17, 15) is 4.79 Å². The summed E-state index contributed by atoms with van der Waals surface area (Å²) in [5.41, 5.74) is 0.895. The predicted octanol–water partition coefficient (Wildman–Crippen LogP) is 3.24. The van der Waals surface area contributed by atoms with Crippen LogP contribution in [-0.4, -0.2) is 46.2 Å². The molecule has 0 aliphatic rings. The molecule has 0 bridgehead atoms. The number of aromatic carboxylic acids is 1. The third kappa shape index (κ3) is 6.30. The lowest BCUT2D eigenvalue weighted by molar-refractivity contribution is 0.0691. The number of anilines is 1. The van der Waals surface area contributed by atoms with Gasteiger partial charge in [-0.1, -0.05) is 12.1 Å². The van der Waals surface area contributed by atoms with Crippen molar-refractivity contribution in [3.63, 3.8) is 0 Å². The van der Waals surface area contributed by atoms with Gasteiger partial charge in [-0.15, -0.1) is 0 Å². The fourth-order valence-corrected chi connectivity index (χ4v) is 4.97. The van der Waals surface area contributed by atoms with Gasteiger partial charge in [0, 0.05) is 38.1 Å². The molecule has 23 heavy (non-hydrogen) atoms. The molecule has 6 nitrogen and oxygen atoms in total. The Morgan fingerprint density at radius 2 is 1.65 bits per heavy atom. The van der Waals surface area contributed by atoms with Crippen LogP contribution >= 0.6 is 0 Å². The molecule has 0 saturated carbocycles. The summed E-state index contributed by atoms with van der Waals surface area (Å²) in [5, 5.41) is 12.3. The molecule has 7 heteroatoms. The Kier molecular flexibility index (Phi) is 8.86. The Hall–Kier alpha value is -1.41. The molecule has 0 aliphatic heterocycles. The topological polar surface area (TPSA) is 77.0 Å². The van der Waals surface area contributed by atoms with Crippen LogP contribution in [0.5, 0.6) is 0 Å². The standard InChI is InChI=1S/C16H27NO5Si/c1-4-20-23(21-5-2,22-6-3)13-9-12-17-15-11-8-7-10-14(15)16(18)19/h7-8,10-11,17H,4-6,9,12-13H2,1-3H3,(H,18,19). The van der Waals surface area contributed by atoms with E-state index in [0.29, 0.717) is 38.1 Å². The van der Waals surface area contributed by atoms with Crippen molar-refractivity contribution in [2.75, 3.05) is 31.7 Å². The van der Waals surface area contributed by atoms with Crippen LogP contribution in [0.2, 0.25) is 6.04 Å². The molecule has 0 aliphatic carbocycles. The lowest BCUT2D eigenvalue weighted by Gasteiger charge is -2.28. The summed E-state index contributed by atoms with van der Waals surface area (Å²) in [6, 6.07) is 7.58. The SMILES string of the molecule is CCO[Si](CCCNc1ccccc1C(=O)O)(OCC)OCC. The molecule has 0 amide bonds. The molecule has 0 atom stereocenters. The first-order chi connectivity index (χ1) is 11.1. The fourth-order valence-electron chi connectivity index (χ4n) is 2.35. The first kappa shape index (κ1) is 19.6. The van der Waals surface area contributed by atoms with Crippen LogP contribution < -0.4 is 5.32 Å².